The maximum Gasteiger partial charge on any atom is 0.252 e. The van der Waals surface area contributed by atoms with Crippen LogP contribution in [0.1, 0.15) is 34.5 Å². The number of carbonyl (C=O) groups excluding carboxylic acids is 1. The minimum absolute atomic E-state index is 0.128. The van der Waals surface area contributed by atoms with E-state index in [4.69, 9.17) is 9.47 Å². The third-order valence-corrected chi connectivity index (χ3v) is 4.46. The molecule has 5 heteroatoms. The molecule has 2 aromatic carbocycles. The standard InChI is InChI=1S/C18H20BrNO3/c1-11-16(22-3)9-13(10-17(11)23-4)18(21)20-12(2)14-7-5-6-8-15(14)19/h5-10,12H,1-4H3,(H,20,21). The lowest BCUT2D eigenvalue weighted by Gasteiger charge is -2.17. The number of methoxy groups -OCH3 is 2. The van der Waals surface area contributed by atoms with Crippen molar-refractivity contribution in [3.8, 4) is 11.5 Å². The minimum atomic E-state index is -0.176. The van der Waals surface area contributed by atoms with Crippen molar-refractivity contribution in [3.05, 3.63) is 57.6 Å². The number of hydrogen-bond acceptors (Lipinski definition) is 3. The highest BCUT2D eigenvalue weighted by Gasteiger charge is 2.17. The fourth-order valence-corrected chi connectivity index (χ4v) is 3.03. The van der Waals surface area contributed by atoms with Crippen LogP contribution in [0, 0.1) is 6.92 Å². The quantitative estimate of drug-likeness (QED) is 0.846. The molecular formula is C18H20BrNO3. The molecule has 1 atom stereocenters. The smallest absolute Gasteiger partial charge is 0.252 e. The van der Waals surface area contributed by atoms with Gasteiger partial charge in [0, 0.05) is 15.6 Å². The van der Waals surface area contributed by atoms with Crippen molar-refractivity contribution in [2.24, 2.45) is 0 Å². The maximum atomic E-state index is 12.5. The summed E-state index contributed by atoms with van der Waals surface area (Å²) >= 11 is 3.51. The zero-order chi connectivity index (χ0) is 17.0. The van der Waals surface area contributed by atoms with E-state index >= 15 is 0 Å². The molecule has 0 aromatic heterocycles. The molecule has 0 aliphatic heterocycles. The second kappa shape index (κ2) is 7.51. The lowest BCUT2D eigenvalue weighted by molar-refractivity contribution is 0.0939. The molecule has 0 aliphatic carbocycles. The molecule has 1 unspecified atom stereocenters. The fourth-order valence-electron chi connectivity index (χ4n) is 2.40. The van der Waals surface area contributed by atoms with Gasteiger partial charge in [0.25, 0.3) is 5.91 Å². The summed E-state index contributed by atoms with van der Waals surface area (Å²) < 4.78 is 11.6. The van der Waals surface area contributed by atoms with Gasteiger partial charge < -0.3 is 14.8 Å². The van der Waals surface area contributed by atoms with E-state index in [1.165, 1.54) is 0 Å². The van der Waals surface area contributed by atoms with Crippen LogP contribution in [0.3, 0.4) is 0 Å². The molecule has 0 spiro atoms. The SMILES string of the molecule is COc1cc(C(=O)NC(C)c2ccccc2Br)cc(OC)c1C. The Morgan fingerprint density at radius 3 is 2.22 bits per heavy atom. The highest BCUT2D eigenvalue weighted by molar-refractivity contribution is 9.10. The number of rotatable bonds is 5. The van der Waals surface area contributed by atoms with Crippen LogP contribution in [0.15, 0.2) is 40.9 Å². The zero-order valence-electron chi connectivity index (χ0n) is 13.6. The largest absolute Gasteiger partial charge is 0.496 e. The van der Waals surface area contributed by atoms with Crippen LogP contribution in [-0.4, -0.2) is 20.1 Å². The van der Waals surface area contributed by atoms with Crippen LogP contribution in [0.5, 0.6) is 11.5 Å². The predicted molar refractivity (Wildman–Crippen MR) is 94.3 cm³/mol. The van der Waals surface area contributed by atoms with Gasteiger partial charge in [-0.3, -0.25) is 4.79 Å². The Balaban J connectivity index is 2.26. The van der Waals surface area contributed by atoms with Crippen molar-refractivity contribution in [1.29, 1.82) is 0 Å². The van der Waals surface area contributed by atoms with E-state index < -0.39 is 0 Å². The third-order valence-electron chi connectivity index (χ3n) is 3.73. The lowest BCUT2D eigenvalue weighted by atomic mass is 10.1. The molecule has 0 saturated carbocycles. The number of halogens is 1. The lowest BCUT2D eigenvalue weighted by Crippen LogP contribution is -2.27. The molecule has 0 saturated heterocycles. The number of benzene rings is 2. The molecule has 0 aliphatic rings. The van der Waals surface area contributed by atoms with Gasteiger partial charge in [-0.05, 0) is 37.6 Å². The highest BCUT2D eigenvalue weighted by Crippen LogP contribution is 2.30. The second-order valence-electron chi connectivity index (χ2n) is 5.22. The van der Waals surface area contributed by atoms with Gasteiger partial charge in [-0.15, -0.1) is 0 Å². The second-order valence-corrected chi connectivity index (χ2v) is 6.08. The van der Waals surface area contributed by atoms with Gasteiger partial charge in [0.05, 0.1) is 20.3 Å². The van der Waals surface area contributed by atoms with Gasteiger partial charge in [-0.25, -0.2) is 0 Å². The molecule has 23 heavy (non-hydrogen) atoms. The molecule has 0 fully saturated rings. The summed E-state index contributed by atoms with van der Waals surface area (Å²) in [7, 11) is 3.15. The van der Waals surface area contributed by atoms with Gasteiger partial charge in [-0.1, -0.05) is 34.1 Å². The highest BCUT2D eigenvalue weighted by atomic mass is 79.9. The molecular weight excluding hydrogens is 358 g/mol. The van der Waals surface area contributed by atoms with E-state index in [9.17, 15) is 4.79 Å². The first-order valence-corrected chi connectivity index (χ1v) is 8.05. The summed E-state index contributed by atoms with van der Waals surface area (Å²) in [5.74, 6) is 1.08. The summed E-state index contributed by atoms with van der Waals surface area (Å²) in [5.41, 5.74) is 2.39. The van der Waals surface area contributed by atoms with Crippen LogP contribution >= 0.6 is 15.9 Å². The normalized spacial score (nSPS) is 11.7. The molecule has 0 bridgehead atoms. The van der Waals surface area contributed by atoms with E-state index in [0.717, 1.165) is 15.6 Å². The van der Waals surface area contributed by atoms with Crippen LogP contribution in [0.25, 0.3) is 0 Å². The van der Waals surface area contributed by atoms with Crippen molar-refractivity contribution < 1.29 is 14.3 Å². The van der Waals surface area contributed by atoms with Gasteiger partial charge in [0.15, 0.2) is 0 Å². The minimum Gasteiger partial charge on any atom is -0.496 e. The van der Waals surface area contributed by atoms with E-state index in [1.807, 2.05) is 38.1 Å². The van der Waals surface area contributed by atoms with Crippen LogP contribution in [0.4, 0.5) is 0 Å². The Morgan fingerprint density at radius 1 is 1.13 bits per heavy atom. The molecule has 122 valence electrons. The predicted octanol–water partition coefficient (Wildman–Crippen LogP) is 4.27. The first-order chi connectivity index (χ1) is 11.0. The monoisotopic (exact) mass is 377 g/mol. The molecule has 1 amide bonds. The summed E-state index contributed by atoms with van der Waals surface area (Å²) in [6, 6.07) is 11.1. The van der Waals surface area contributed by atoms with Crippen molar-refractivity contribution in [2.45, 2.75) is 19.9 Å². The van der Waals surface area contributed by atoms with Crippen molar-refractivity contribution in [1.82, 2.24) is 5.32 Å². The Kier molecular flexibility index (Phi) is 5.66. The van der Waals surface area contributed by atoms with Gasteiger partial charge in [0.2, 0.25) is 0 Å². The first kappa shape index (κ1) is 17.3. The summed E-state index contributed by atoms with van der Waals surface area (Å²) in [5, 5.41) is 3.00. The zero-order valence-corrected chi connectivity index (χ0v) is 15.2. The van der Waals surface area contributed by atoms with Crippen LogP contribution < -0.4 is 14.8 Å². The fraction of sp³-hybridized carbons (Fsp3) is 0.278. The van der Waals surface area contributed by atoms with Crippen LogP contribution in [-0.2, 0) is 0 Å². The van der Waals surface area contributed by atoms with E-state index in [-0.39, 0.29) is 11.9 Å². The van der Waals surface area contributed by atoms with Crippen molar-refractivity contribution in [2.75, 3.05) is 14.2 Å². The Bertz CT molecular complexity index is 690. The first-order valence-electron chi connectivity index (χ1n) is 7.25. The molecule has 2 aromatic rings. The average Bonchev–Trinajstić information content (AvgIpc) is 2.55. The molecule has 2 rings (SSSR count). The summed E-state index contributed by atoms with van der Waals surface area (Å²) in [6.45, 7) is 3.84. The number of ether oxygens (including phenoxy) is 2. The number of amides is 1. The van der Waals surface area contributed by atoms with Crippen molar-refractivity contribution >= 4 is 21.8 Å². The molecule has 0 heterocycles. The Labute approximate surface area is 144 Å². The number of nitrogens with one attached hydrogen (secondary N) is 1. The Hall–Kier alpha value is -2.01. The average molecular weight is 378 g/mol. The number of carbonyl (C=O) groups is 1. The van der Waals surface area contributed by atoms with Gasteiger partial charge in [0.1, 0.15) is 11.5 Å². The molecule has 4 nitrogen and oxygen atoms in total. The van der Waals surface area contributed by atoms with E-state index in [0.29, 0.717) is 17.1 Å². The number of hydrogen-bond donors (Lipinski definition) is 1. The molecule has 1 N–H and O–H groups in total. The van der Waals surface area contributed by atoms with Crippen molar-refractivity contribution in [3.63, 3.8) is 0 Å². The van der Waals surface area contributed by atoms with E-state index in [1.54, 1.807) is 26.4 Å². The van der Waals surface area contributed by atoms with Crippen LogP contribution in [0.2, 0.25) is 0 Å². The van der Waals surface area contributed by atoms with E-state index in [2.05, 4.69) is 21.2 Å². The Morgan fingerprint density at radius 2 is 1.70 bits per heavy atom. The maximum absolute atomic E-state index is 12.5. The van der Waals surface area contributed by atoms with Gasteiger partial charge >= 0.3 is 0 Å². The summed E-state index contributed by atoms with van der Waals surface area (Å²) in [6.07, 6.45) is 0. The van der Waals surface area contributed by atoms with Gasteiger partial charge in [-0.2, -0.15) is 0 Å². The topological polar surface area (TPSA) is 47.6 Å². The summed E-state index contributed by atoms with van der Waals surface area (Å²) in [4.78, 5) is 12.5. The molecule has 0 radical (unpaired) electrons. The third kappa shape index (κ3) is 3.85.